The van der Waals surface area contributed by atoms with Crippen molar-refractivity contribution in [1.29, 1.82) is 0 Å². The topological polar surface area (TPSA) is 8.17 Å². The number of aromatic nitrogens is 1. The molecule has 0 N–H and O–H groups in total. The van der Waals surface area contributed by atoms with Gasteiger partial charge < -0.3 is 4.57 Å². The van der Waals surface area contributed by atoms with Gasteiger partial charge in [0.25, 0.3) is 0 Å². The Kier molecular flexibility index (Phi) is 2.87. The molecule has 0 unspecified atom stereocenters. The molecule has 1 aromatic heterocycles. The summed E-state index contributed by atoms with van der Waals surface area (Å²) in [5.74, 6) is 0. The summed E-state index contributed by atoms with van der Waals surface area (Å²) in [4.78, 5) is 2.56. The van der Waals surface area contributed by atoms with Crippen LogP contribution < -0.4 is 0 Å². The highest BCUT2D eigenvalue weighted by Crippen LogP contribution is 2.24. The zero-order valence-corrected chi connectivity index (χ0v) is 10.3. The first-order valence-corrected chi connectivity index (χ1v) is 6.02. The Labute approximate surface area is 92.9 Å². The van der Waals surface area contributed by atoms with Gasteiger partial charge in [-0.1, -0.05) is 0 Å². The molecule has 0 radical (unpaired) electrons. The highest BCUT2D eigenvalue weighted by atomic mass is 15.2. The fraction of sp³-hybridized carbons (Fsp3) is 0.692. The van der Waals surface area contributed by atoms with E-state index in [0.717, 1.165) is 6.54 Å². The van der Waals surface area contributed by atoms with Crippen LogP contribution in [0, 0.1) is 0 Å². The van der Waals surface area contributed by atoms with Gasteiger partial charge in [0.2, 0.25) is 0 Å². The van der Waals surface area contributed by atoms with E-state index in [4.69, 9.17) is 0 Å². The maximum absolute atomic E-state index is 2.56. The quantitative estimate of drug-likeness (QED) is 0.722. The van der Waals surface area contributed by atoms with E-state index in [2.05, 4.69) is 49.4 Å². The predicted molar refractivity (Wildman–Crippen MR) is 64.1 cm³/mol. The molecular formula is C13H22N2. The summed E-state index contributed by atoms with van der Waals surface area (Å²) < 4.78 is 2.42. The Morgan fingerprint density at radius 1 is 1.13 bits per heavy atom. The van der Waals surface area contributed by atoms with E-state index in [0.29, 0.717) is 12.1 Å². The van der Waals surface area contributed by atoms with Gasteiger partial charge >= 0.3 is 0 Å². The van der Waals surface area contributed by atoms with E-state index in [-0.39, 0.29) is 0 Å². The van der Waals surface area contributed by atoms with Crippen molar-refractivity contribution in [2.75, 3.05) is 6.54 Å². The van der Waals surface area contributed by atoms with Crippen LogP contribution in [0.1, 0.15) is 45.0 Å². The summed E-state index contributed by atoms with van der Waals surface area (Å²) in [6, 6.07) is 3.54. The molecule has 0 fully saturated rings. The Hall–Kier alpha value is -0.760. The Bertz CT molecular complexity index is 336. The lowest BCUT2D eigenvalue weighted by Crippen LogP contribution is -2.36. The van der Waals surface area contributed by atoms with E-state index in [9.17, 15) is 0 Å². The van der Waals surface area contributed by atoms with Crippen molar-refractivity contribution in [3.05, 3.63) is 23.5 Å². The molecule has 2 heterocycles. The van der Waals surface area contributed by atoms with Gasteiger partial charge in [0.1, 0.15) is 0 Å². The maximum Gasteiger partial charge on any atom is 0.0392 e. The van der Waals surface area contributed by atoms with Gasteiger partial charge in [-0.3, -0.25) is 4.90 Å². The van der Waals surface area contributed by atoms with Gasteiger partial charge in [-0.15, -0.1) is 0 Å². The van der Waals surface area contributed by atoms with Crippen molar-refractivity contribution in [3.63, 3.8) is 0 Å². The summed E-state index contributed by atoms with van der Waals surface area (Å²) in [7, 11) is 0. The zero-order valence-electron chi connectivity index (χ0n) is 10.3. The van der Waals surface area contributed by atoms with Gasteiger partial charge in [0.05, 0.1) is 0 Å². The third kappa shape index (κ3) is 1.96. The van der Waals surface area contributed by atoms with Gasteiger partial charge in [0, 0.05) is 37.1 Å². The van der Waals surface area contributed by atoms with E-state index < -0.39 is 0 Å². The fourth-order valence-corrected chi connectivity index (χ4v) is 2.39. The standard InChI is InChI=1S/C13H22N2/c1-10(2)14-7-5-12-6-8-15(11(3)4)13(12)9-14/h6,8,10-11H,5,7,9H2,1-4H3. The van der Waals surface area contributed by atoms with Gasteiger partial charge in [-0.2, -0.15) is 0 Å². The number of fused-ring (bicyclic) bond motifs is 1. The predicted octanol–water partition coefficient (Wildman–Crippen LogP) is 2.84. The van der Waals surface area contributed by atoms with Gasteiger partial charge in [0.15, 0.2) is 0 Å². The van der Waals surface area contributed by atoms with Crippen LogP contribution in [0.5, 0.6) is 0 Å². The third-order valence-electron chi connectivity index (χ3n) is 3.43. The van der Waals surface area contributed by atoms with Crippen LogP contribution in [0.15, 0.2) is 12.3 Å². The molecule has 0 atom stereocenters. The van der Waals surface area contributed by atoms with Gasteiger partial charge in [-0.25, -0.2) is 0 Å². The summed E-state index contributed by atoms with van der Waals surface area (Å²) >= 11 is 0. The van der Waals surface area contributed by atoms with Crippen molar-refractivity contribution in [3.8, 4) is 0 Å². The smallest absolute Gasteiger partial charge is 0.0392 e. The summed E-state index contributed by atoms with van der Waals surface area (Å²) in [5.41, 5.74) is 3.09. The molecular weight excluding hydrogens is 184 g/mol. The van der Waals surface area contributed by atoms with Crippen molar-refractivity contribution >= 4 is 0 Å². The van der Waals surface area contributed by atoms with Crippen LogP contribution in [-0.2, 0) is 13.0 Å². The van der Waals surface area contributed by atoms with Crippen LogP contribution in [0.2, 0.25) is 0 Å². The molecule has 84 valence electrons. The second-order valence-electron chi connectivity index (χ2n) is 5.10. The molecule has 0 saturated carbocycles. The first-order chi connectivity index (χ1) is 7.09. The monoisotopic (exact) mass is 206 g/mol. The molecule has 0 bridgehead atoms. The Morgan fingerprint density at radius 2 is 1.87 bits per heavy atom. The lowest BCUT2D eigenvalue weighted by molar-refractivity contribution is 0.196. The lowest BCUT2D eigenvalue weighted by atomic mass is 10.1. The summed E-state index contributed by atoms with van der Waals surface area (Å²) in [6.45, 7) is 11.4. The molecule has 1 aliphatic rings. The molecule has 2 rings (SSSR count). The summed E-state index contributed by atoms with van der Waals surface area (Å²) in [5, 5.41) is 0. The van der Waals surface area contributed by atoms with Crippen LogP contribution in [0.4, 0.5) is 0 Å². The molecule has 1 aliphatic heterocycles. The van der Waals surface area contributed by atoms with Crippen molar-refractivity contribution < 1.29 is 0 Å². The van der Waals surface area contributed by atoms with Crippen LogP contribution in [0.25, 0.3) is 0 Å². The maximum atomic E-state index is 2.56. The van der Waals surface area contributed by atoms with E-state index in [1.54, 1.807) is 5.56 Å². The molecule has 0 saturated heterocycles. The van der Waals surface area contributed by atoms with Crippen molar-refractivity contribution in [2.24, 2.45) is 0 Å². The van der Waals surface area contributed by atoms with E-state index in [1.165, 1.54) is 18.7 Å². The number of rotatable bonds is 2. The second kappa shape index (κ2) is 4.01. The van der Waals surface area contributed by atoms with Crippen LogP contribution in [-0.4, -0.2) is 22.1 Å². The average Bonchev–Trinajstić information content (AvgIpc) is 2.59. The Morgan fingerprint density at radius 3 is 2.47 bits per heavy atom. The minimum absolute atomic E-state index is 0.584. The molecule has 15 heavy (non-hydrogen) atoms. The van der Waals surface area contributed by atoms with Crippen LogP contribution in [0.3, 0.4) is 0 Å². The first-order valence-electron chi connectivity index (χ1n) is 6.02. The highest BCUT2D eigenvalue weighted by Gasteiger charge is 2.21. The highest BCUT2D eigenvalue weighted by molar-refractivity contribution is 5.25. The third-order valence-corrected chi connectivity index (χ3v) is 3.43. The minimum atomic E-state index is 0.584. The zero-order chi connectivity index (χ0) is 11.0. The number of hydrogen-bond donors (Lipinski definition) is 0. The number of hydrogen-bond acceptors (Lipinski definition) is 1. The molecule has 2 nitrogen and oxygen atoms in total. The normalized spacial score (nSPS) is 17.5. The lowest BCUT2D eigenvalue weighted by Gasteiger charge is -2.32. The SMILES string of the molecule is CC(C)N1CCc2ccn(C(C)C)c2C1. The molecule has 0 spiro atoms. The number of nitrogens with zero attached hydrogens (tertiary/aromatic N) is 2. The Balaban J connectivity index is 2.26. The summed E-state index contributed by atoms with van der Waals surface area (Å²) in [6.07, 6.45) is 3.46. The van der Waals surface area contributed by atoms with E-state index in [1.807, 2.05) is 0 Å². The molecule has 1 aromatic rings. The largest absolute Gasteiger partial charge is 0.347 e. The van der Waals surface area contributed by atoms with Crippen LogP contribution >= 0.6 is 0 Å². The van der Waals surface area contributed by atoms with E-state index >= 15 is 0 Å². The van der Waals surface area contributed by atoms with Crippen molar-refractivity contribution in [1.82, 2.24) is 9.47 Å². The van der Waals surface area contributed by atoms with Crippen molar-refractivity contribution in [2.45, 2.75) is 52.7 Å². The first kappa shape index (κ1) is 10.7. The minimum Gasteiger partial charge on any atom is -0.347 e. The molecule has 0 aromatic carbocycles. The molecule has 2 heteroatoms. The fourth-order valence-electron chi connectivity index (χ4n) is 2.39. The van der Waals surface area contributed by atoms with Gasteiger partial charge in [-0.05, 0) is 45.7 Å². The second-order valence-corrected chi connectivity index (χ2v) is 5.10. The molecule has 0 amide bonds. The molecule has 0 aliphatic carbocycles. The average molecular weight is 206 g/mol.